The number of ether oxygens (including phenoxy) is 1. The molecule has 0 fully saturated rings. The van der Waals surface area contributed by atoms with Gasteiger partial charge in [-0.1, -0.05) is 18.7 Å². The molecule has 0 heterocycles. The second-order valence-electron chi connectivity index (χ2n) is 2.73. The molecule has 1 rings (SSSR count). The number of hydrogen-bond donors (Lipinski definition) is 2. The van der Waals surface area contributed by atoms with Crippen LogP contribution in [0.25, 0.3) is 0 Å². The molecule has 4 nitrogen and oxygen atoms in total. The number of amides is 2. The summed E-state index contributed by atoms with van der Waals surface area (Å²) in [7, 11) is 0. The zero-order valence-electron chi connectivity index (χ0n) is 8.62. The maximum absolute atomic E-state index is 11.2. The molecule has 0 aromatic heterocycles. The Labute approximate surface area is 88.9 Å². The van der Waals surface area contributed by atoms with E-state index in [1.165, 1.54) is 6.20 Å². The minimum atomic E-state index is -0.336. The van der Waals surface area contributed by atoms with Crippen molar-refractivity contribution >= 4 is 11.7 Å². The van der Waals surface area contributed by atoms with E-state index < -0.39 is 0 Å². The standard InChI is InChI=1S/C11H14N2O2/c1-3-12-11(14)13-9-7-5-6-8-10(9)15-4-2/h3,5-8H,1,4H2,2H3,(H2,12,13,14). The zero-order chi connectivity index (χ0) is 11.1. The lowest BCUT2D eigenvalue weighted by molar-refractivity contribution is 0.255. The van der Waals surface area contributed by atoms with Crippen molar-refractivity contribution in [2.24, 2.45) is 0 Å². The SMILES string of the molecule is C=CNC(=O)Nc1ccccc1OCC. The van der Waals surface area contributed by atoms with E-state index in [0.717, 1.165) is 0 Å². The Hall–Kier alpha value is -1.97. The normalized spacial score (nSPS) is 9.13. The molecule has 0 spiro atoms. The van der Waals surface area contributed by atoms with E-state index in [2.05, 4.69) is 17.2 Å². The molecule has 0 aliphatic heterocycles. The maximum atomic E-state index is 11.2. The fourth-order valence-corrected chi connectivity index (χ4v) is 1.10. The summed E-state index contributed by atoms with van der Waals surface area (Å²) < 4.78 is 5.35. The number of benzene rings is 1. The van der Waals surface area contributed by atoms with Crippen LogP contribution in [-0.2, 0) is 0 Å². The molecule has 2 N–H and O–H groups in total. The Morgan fingerprint density at radius 2 is 2.27 bits per heavy atom. The minimum absolute atomic E-state index is 0.336. The van der Waals surface area contributed by atoms with E-state index >= 15 is 0 Å². The van der Waals surface area contributed by atoms with E-state index in [1.807, 2.05) is 19.1 Å². The first kappa shape index (κ1) is 11.1. The van der Waals surface area contributed by atoms with Crippen LogP contribution in [0.5, 0.6) is 5.75 Å². The van der Waals surface area contributed by atoms with E-state index in [-0.39, 0.29) is 6.03 Å². The van der Waals surface area contributed by atoms with Crippen LogP contribution in [0.4, 0.5) is 10.5 Å². The first-order chi connectivity index (χ1) is 7.27. The Morgan fingerprint density at radius 1 is 1.53 bits per heavy atom. The predicted octanol–water partition coefficient (Wildman–Crippen LogP) is 2.35. The highest BCUT2D eigenvalue weighted by Gasteiger charge is 2.04. The molecule has 0 aliphatic rings. The summed E-state index contributed by atoms with van der Waals surface area (Å²) in [5.74, 6) is 0.652. The number of para-hydroxylation sites is 2. The number of urea groups is 1. The van der Waals surface area contributed by atoms with Crippen molar-refractivity contribution in [2.75, 3.05) is 11.9 Å². The van der Waals surface area contributed by atoms with Crippen molar-refractivity contribution in [1.29, 1.82) is 0 Å². The number of carbonyl (C=O) groups is 1. The van der Waals surface area contributed by atoms with Crippen LogP contribution < -0.4 is 15.4 Å². The van der Waals surface area contributed by atoms with Crippen molar-refractivity contribution in [3.63, 3.8) is 0 Å². The summed E-state index contributed by atoms with van der Waals surface area (Å²) in [6, 6.07) is 6.91. The van der Waals surface area contributed by atoms with E-state index in [4.69, 9.17) is 4.74 Å². The topological polar surface area (TPSA) is 50.4 Å². The molecule has 1 aromatic carbocycles. The predicted molar refractivity (Wildman–Crippen MR) is 60.0 cm³/mol. The molecule has 4 heteroatoms. The molecule has 0 saturated heterocycles. The molecule has 0 bridgehead atoms. The second-order valence-corrected chi connectivity index (χ2v) is 2.73. The highest BCUT2D eigenvalue weighted by Crippen LogP contribution is 2.23. The quantitative estimate of drug-likeness (QED) is 0.794. The molecule has 80 valence electrons. The van der Waals surface area contributed by atoms with Gasteiger partial charge in [-0.15, -0.1) is 0 Å². The molecule has 15 heavy (non-hydrogen) atoms. The average molecular weight is 206 g/mol. The summed E-state index contributed by atoms with van der Waals surface area (Å²) in [5, 5.41) is 5.07. The van der Waals surface area contributed by atoms with Crippen LogP contribution in [0.2, 0.25) is 0 Å². The number of nitrogens with one attached hydrogen (secondary N) is 2. The van der Waals surface area contributed by atoms with Crippen molar-refractivity contribution in [1.82, 2.24) is 5.32 Å². The monoisotopic (exact) mass is 206 g/mol. The van der Waals surface area contributed by atoms with Crippen LogP contribution in [0.1, 0.15) is 6.92 Å². The smallest absolute Gasteiger partial charge is 0.323 e. The Morgan fingerprint density at radius 3 is 2.93 bits per heavy atom. The van der Waals surface area contributed by atoms with Gasteiger partial charge in [-0.3, -0.25) is 0 Å². The Bertz CT molecular complexity index is 350. The third-order valence-electron chi connectivity index (χ3n) is 1.67. The van der Waals surface area contributed by atoms with Gasteiger partial charge in [-0.2, -0.15) is 0 Å². The van der Waals surface area contributed by atoms with Gasteiger partial charge in [0.05, 0.1) is 12.3 Å². The van der Waals surface area contributed by atoms with Crippen LogP contribution in [0, 0.1) is 0 Å². The van der Waals surface area contributed by atoms with E-state index in [1.54, 1.807) is 12.1 Å². The lowest BCUT2D eigenvalue weighted by Crippen LogP contribution is -2.23. The number of rotatable bonds is 4. The lowest BCUT2D eigenvalue weighted by Gasteiger charge is -2.10. The molecular weight excluding hydrogens is 192 g/mol. The Balaban J connectivity index is 2.74. The summed E-state index contributed by atoms with van der Waals surface area (Å²) in [4.78, 5) is 11.2. The summed E-state index contributed by atoms with van der Waals surface area (Å²) in [5.41, 5.74) is 0.638. The van der Waals surface area contributed by atoms with Crippen LogP contribution in [-0.4, -0.2) is 12.6 Å². The van der Waals surface area contributed by atoms with Crippen molar-refractivity contribution in [3.8, 4) is 5.75 Å². The van der Waals surface area contributed by atoms with Gasteiger partial charge in [-0.05, 0) is 25.3 Å². The molecule has 1 aromatic rings. The highest BCUT2D eigenvalue weighted by molar-refractivity contribution is 5.91. The number of carbonyl (C=O) groups excluding carboxylic acids is 1. The fourth-order valence-electron chi connectivity index (χ4n) is 1.10. The fraction of sp³-hybridized carbons (Fsp3) is 0.182. The van der Waals surface area contributed by atoms with Crippen molar-refractivity contribution in [2.45, 2.75) is 6.92 Å². The van der Waals surface area contributed by atoms with Gasteiger partial charge < -0.3 is 15.4 Å². The average Bonchev–Trinajstić information content (AvgIpc) is 2.21. The summed E-state index contributed by atoms with van der Waals surface area (Å²) in [6.45, 7) is 5.84. The van der Waals surface area contributed by atoms with E-state index in [9.17, 15) is 4.79 Å². The van der Waals surface area contributed by atoms with Crippen LogP contribution >= 0.6 is 0 Å². The van der Waals surface area contributed by atoms with Gasteiger partial charge in [0.25, 0.3) is 0 Å². The molecule has 0 atom stereocenters. The third kappa shape index (κ3) is 3.34. The highest BCUT2D eigenvalue weighted by atomic mass is 16.5. The van der Waals surface area contributed by atoms with Gasteiger partial charge >= 0.3 is 6.03 Å². The number of hydrogen-bond acceptors (Lipinski definition) is 2. The second kappa shape index (κ2) is 5.70. The zero-order valence-corrected chi connectivity index (χ0v) is 8.62. The Kier molecular flexibility index (Phi) is 4.22. The largest absolute Gasteiger partial charge is 0.492 e. The molecule has 0 saturated carbocycles. The van der Waals surface area contributed by atoms with Gasteiger partial charge in [-0.25, -0.2) is 4.79 Å². The first-order valence-electron chi connectivity index (χ1n) is 4.68. The van der Waals surface area contributed by atoms with Gasteiger partial charge in [0.2, 0.25) is 0 Å². The summed E-state index contributed by atoms with van der Waals surface area (Å²) in [6.07, 6.45) is 1.32. The van der Waals surface area contributed by atoms with Gasteiger partial charge in [0.1, 0.15) is 5.75 Å². The molecule has 0 unspecified atom stereocenters. The van der Waals surface area contributed by atoms with Gasteiger partial charge in [0, 0.05) is 0 Å². The van der Waals surface area contributed by atoms with Crippen molar-refractivity contribution < 1.29 is 9.53 Å². The lowest BCUT2D eigenvalue weighted by atomic mass is 10.3. The minimum Gasteiger partial charge on any atom is -0.492 e. The van der Waals surface area contributed by atoms with Crippen LogP contribution in [0.3, 0.4) is 0 Å². The maximum Gasteiger partial charge on any atom is 0.323 e. The third-order valence-corrected chi connectivity index (χ3v) is 1.67. The van der Waals surface area contributed by atoms with Gasteiger partial charge in [0.15, 0.2) is 0 Å². The van der Waals surface area contributed by atoms with E-state index in [0.29, 0.717) is 18.0 Å². The molecule has 0 radical (unpaired) electrons. The van der Waals surface area contributed by atoms with Crippen molar-refractivity contribution in [3.05, 3.63) is 37.0 Å². The number of anilines is 1. The molecule has 2 amide bonds. The summed E-state index contributed by atoms with van der Waals surface area (Å²) >= 11 is 0. The molecule has 0 aliphatic carbocycles. The van der Waals surface area contributed by atoms with Crippen LogP contribution in [0.15, 0.2) is 37.0 Å². The first-order valence-corrected chi connectivity index (χ1v) is 4.68. The molecular formula is C11H14N2O2.